The molecule has 0 saturated carbocycles. The summed E-state index contributed by atoms with van der Waals surface area (Å²) in [6.45, 7) is 8.33. The molecule has 1 saturated heterocycles. The molecule has 7 heteroatoms. The average molecular weight is 407 g/mol. The number of nitrogens with one attached hydrogen (secondary N) is 1. The van der Waals surface area contributed by atoms with Gasteiger partial charge in [-0.25, -0.2) is 4.98 Å². The van der Waals surface area contributed by atoms with Crippen LogP contribution >= 0.6 is 0 Å². The average Bonchev–Trinajstić information content (AvgIpc) is 3.20. The third kappa shape index (κ3) is 4.91. The molecule has 1 aromatic carbocycles. The van der Waals surface area contributed by atoms with E-state index in [0.29, 0.717) is 13.2 Å². The first-order valence-corrected chi connectivity index (χ1v) is 10.5. The van der Waals surface area contributed by atoms with Crippen molar-refractivity contribution < 1.29 is 4.74 Å². The van der Waals surface area contributed by atoms with Gasteiger partial charge < -0.3 is 19.4 Å². The number of benzene rings is 1. The van der Waals surface area contributed by atoms with Gasteiger partial charge in [0.1, 0.15) is 18.0 Å². The second-order valence-corrected chi connectivity index (χ2v) is 7.52. The normalized spacial score (nSPS) is 15.5. The van der Waals surface area contributed by atoms with Crippen LogP contribution in [0.1, 0.15) is 11.4 Å². The molecule has 7 nitrogen and oxygen atoms in total. The number of hydrogen-bond donors (Lipinski definition) is 1. The zero-order valence-electron chi connectivity index (χ0n) is 17.8. The number of guanidine groups is 1. The van der Waals surface area contributed by atoms with Crippen LogP contribution in [0.4, 0.5) is 0 Å². The van der Waals surface area contributed by atoms with Crippen LogP contribution in [-0.4, -0.2) is 71.5 Å². The summed E-state index contributed by atoms with van der Waals surface area (Å²) in [5, 5.41) is 3.47. The molecule has 1 fully saturated rings. The number of piperazine rings is 1. The van der Waals surface area contributed by atoms with Gasteiger partial charge in [0.25, 0.3) is 0 Å². The van der Waals surface area contributed by atoms with Crippen molar-refractivity contribution in [1.29, 1.82) is 0 Å². The summed E-state index contributed by atoms with van der Waals surface area (Å²) in [6, 6.07) is 16.2. The van der Waals surface area contributed by atoms with Crippen LogP contribution in [0.25, 0.3) is 5.65 Å². The third-order valence-electron chi connectivity index (χ3n) is 5.48. The maximum Gasteiger partial charge on any atom is 0.194 e. The van der Waals surface area contributed by atoms with E-state index in [4.69, 9.17) is 9.72 Å². The van der Waals surface area contributed by atoms with Crippen molar-refractivity contribution in [2.75, 3.05) is 46.4 Å². The fourth-order valence-electron chi connectivity index (χ4n) is 3.78. The number of aliphatic imine (C=N–C) groups is 1. The van der Waals surface area contributed by atoms with Crippen molar-refractivity contribution in [1.82, 2.24) is 24.5 Å². The molecule has 3 heterocycles. The molecule has 4 rings (SSSR count). The van der Waals surface area contributed by atoms with E-state index in [-0.39, 0.29) is 0 Å². The smallest absolute Gasteiger partial charge is 0.194 e. The highest BCUT2D eigenvalue weighted by Crippen LogP contribution is 2.10. The van der Waals surface area contributed by atoms with Crippen LogP contribution in [-0.2, 0) is 6.54 Å². The van der Waals surface area contributed by atoms with E-state index in [1.807, 2.05) is 49.5 Å². The topological polar surface area (TPSA) is 57.4 Å². The summed E-state index contributed by atoms with van der Waals surface area (Å²) < 4.78 is 7.95. The summed E-state index contributed by atoms with van der Waals surface area (Å²) in [7, 11) is 1.84. The van der Waals surface area contributed by atoms with E-state index < -0.39 is 0 Å². The molecular formula is C23H30N6O. The molecule has 0 spiro atoms. The minimum absolute atomic E-state index is 0.666. The van der Waals surface area contributed by atoms with Gasteiger partial charge in [-0.3, -0.25) is 9.89 Å². The molecule has 1 aliphatic heterocycles. The minimum atomic E-state index is 0.666. The van der Waals surface area contributed by atoms with Gasteiger partial charge in [-0.1, -0.05) is 24.3 Å². The third-order valence-corrected chi connectivity index (χ3v) is 5.48. The largest absolute Gasteiger partial charge is 0.492 e. The lowest BCUT2D eigenvalue weighted by atomic mass is 10.3. The standard InChI is InChI=1S/C23H30N6O/c1-19-7-6-10-22-26-20(18-29(19)22)17-25-23(24-2)28-13-11-27(12-14-28)15-16-30-21-8-4-3-5-9-21/h3-10,18H,11-17H2,1-2H3,(H,24,25). The lowest BCUT2D eigenvalue weighted by molar-refractivity contribution is 0.152. The summed E-state index contributed by atoms with van der Waals surface area (Å²) in [5.41, 5.74) is 3.18. The van der Waals surface area contributed by atoms with Crippen molar-refractivity contribution in [2.45, 2.75) is 13.5 Å². The number of hydrogen-bond acceptors (Lipinski definition) is 4. The molecule has 30 heavy (non-hydrogen) atoms. The Morgan fingerprint density at radius 1 is 1.07 bits per heavy atom. The van der Waals surface area contributed by atoms with Crippen LogP contribution in [0.3, 0.4) is 0 Å². The summed E-state index contributed by atoms with van der Waals surface area (Å²) >= 11 is 0. The lowest BCUT2D eigenvalue weighted by Crippen LogP contribution is -2.52. The highest BCUT2D eigenvalue weighted by molar-refractivity contribution is 5.80. The highest BCUT2D eigenvalue weighted by atomic mass is 16.5. The van der Waals surface area contributed by atoms with Crippen LogP contribution in [0.2, 0.25) is 0 Å². The summed E-state index contributed by atoms with van der Waals surface area (Å²) in [5.74, 6) is 1.87. The molecule has 1 N–H and O–H groups in total. The molecule has 0 unspecified atom stereocenters. The first-order valence-electron chi connectivity index (χ1n) is 10.5. The fourth-order valence-corrected chi connectivity index (χ4v) is 3.78. The van der Waals surface area contributed by atoms with Crippen LogP contribution < -0.4 is 10.1 Å². The number of fused-ring (bicyclic) bond motifs is 1. The van der Waals surface area contributed by atoms with E-state index in [2.05, 4.69) is 43.7 Å². The van der Waals surface area contributed by atoms with Crippen molar-refractivity contribution in [3.8, 4) is 5.75 Å². The number of rotatable bonds is 6. The maximum atomic E-state index is 5.82. The van der Waals surface area contributed by atoms with E-state index in [9.17, 15) is 0 Å². The number of aromatic nitrogens is 2. The zero-order valence-corrected chi connectivity index (χ0v) is 17.8. The molecule has 0 radical (unpaired) electrons. The molecule has 0 atom stereocenters. The van der Waals surface area contributed by atoms with Crippen molar-refractivity contribution in [3.05, 3.63) is 66.1 Å². The molecule has 2 aromatic heterocycles. The Kier molecular flexibility index (Phi) is 6.49. The van der Waals surface area contributed by atoms with Gasteiger partial charge in [-0.05, 0) is 31.2 Å². The number of para-hydroxylation sites is 1. The highest BCUT2D eigenvalue weighted by Gasteiger charge is 2.19. The Hall–Kier alpha value is -3.06. The molecule has 158 valence electrons. The molecular weight excluding hydrogens is 376 g/mol. The Balaban J connectivity index is 1.23. The van der Waals surface area contributed by atoms with E-state index in [0.717, 1.165) is 55.8 Å². The molecule has 0 bridgehead atoms. The van der Waals surface area contributed by atoms with Gasteiger partial charge in [-0.15, -0.1) is 0 Å². The van der Waals surface area contributed by atoms with E-state index >= 15 is 0 Å². The molecule has 0 aliphatic carbocycles. The lowest BCUT2D eigenvalue weighted by Gasteiger charge is -2.36. The fraction of sp³-hybridized carbons (Fsp3) is 0.391. The van der Waals surface area contributed by atoms with Gasteiger partial charge in [-0.2, -0.15) is 0 Å². The van der Waals surface area contributed by atoms with Gasteiger partial charge in [0.2, 0.25) is 0 Å². The van der Waals surface area contributed by atoms with Crippen molar-refractivity contribution in [2.24, 2.45) is 4.99 Å². The van der Waals surface area contributed by atoms with Crippen LogP contribution in [0.15, 0.2) is 59.7 Å². The number of pyridine rings is 1. The maximum absolute atomic E-state index is 5.82. The van der Waals surface area contributed by atoms with Crippen molar-refractivity contribution in [3.63, 3.8) is 0 Å². The van der Waals surface area contributed by atoms with Crippen LogP contribution in [0.5, 0.6) is 5.75 Å². The first-order chi connectivity index (χ1) is 14.7. The minimum Gasteiger partial charge on any atom is -0.492 e. The number of imidazole rings is 1. The predicted molar refractivity (Wildman–Crippen MR) is 120 cm³/mol. The second kappa shape index (κ2) is 9.63. The van der Waals surface area contributed by atoms with Crippen LogP contribution in [0, 0.1) is 6.92 Å². The zero-order chi connectivity index (χ0) is 20.8. The number of aryl methyl sites for hydroxylation is 1. The Bertz CT molecular complexity index is 976. The van der Waals surface area contributed by atoms with Crippen molar-refractivity contribution >= 4 is 11.6 Å². The Morgan fingerprint density at radius 2 is 1.87 bits per heavy atom. The van der Waals surface area contributed by atoms with Gasteiger partial charge >= 0.3 is 0 Å². The van der Waals surface area contributed by atoms with Gasteiger partial charge in [0.15, 0.2) is 5.96 Å². The first kappa shape index (κ1) is 20.2. The Morgan fingerprint density at radius 3 is 2.60 bits per heavy atom. The van der Waals surface area contributed by atoms with Gasteiger partial charge in [0, 0.05) is 51.7 Å². The molecule has 1 aliphatic rings. The quantitative estimate of drug-likeness (QED) is 0.503. The SMILES string of the molecule is CN=C(NCc1cn2c(C)cccc2n1)N1CCN(CCOc2ccccc2)CC1. The van der Waals surface area contributed by atoms with E-state index in [1.165, 1.54) is 5.69 Å². The second-order valence-electron chi connectivity index (χ2n) is 7.52. The molecule has 0 amide bonds. The van der Waals surface area contributed by atoms with Gasteiger partial charge in [0.05, 0.1) is 12.2 Å². The summed E-state index contributed by atoms with van der Waals surface area (Å²) in [6.07, 6.45) is 2.09. The predicted octanol–water partition coefficient (Wildman–Crippen LogP) is 2.41. The number of ether oxygens (including phenoxy) is 1. The Labute approximate surface area is 178 Å². The van der Waals surface area contributed by atoms with E-state index in [1.54, 1.807) is 0 Å². The summed E-state index contributed by atoms with van der Waals surface area (Å²) in [4.78, 5) is 13.9. The molecule has 3 aromatic rings. The monoisotopic (exact) mass is 406 g/mol. The number of nitrogens with zero attached hydrogens (tertiary/aromatic N) is 5.